The van der Waals surface area contributed by atoms with Gasteiger partial charge >= 0.3 is 0 Å². The second kappa shape index (κ2) is 8.09. The number of amides is 2. The number of rotatable bonds is 4. The Morgan fingerprint density at radius 1 is 1.32 bits per heavy atom. The zero-order valence-corrected chi connectivity index (χ0v) is 17.5. The van der Waals surface area contributed by atoms with E-state index in [2.05, 4.69) is 15.4 Å². The van der Waals surface area contributed by atoms with Crippen LogP contribution in [0, 0.1) is 17.2 Å². The average molecular weight is 448 g/mol. The van der Waals surface area contributed by atoms with E-state index in [-0.39, 0.29) is 35.9 Å². The van der Waals surface area contributed by atoms with Gasteiger partial charge in [-0.3, -0.25) is 19.8 Å². The van der Waals surface area contributed by atoms with Crippen LogP contribution < -0.4 is 5.32 Å². The number of benzene rings is 1. The molecule has 0 saturated carbocycles. The van der Waals surface area contributed by atoms with Gasteiger partial charge in [0.1, 0.15) is 22.7 Å². The van der Waals surface area contributed by atoms with Crippen molar-refractivity contribution in [3.8, 4) is 0 Å². The summed E-state index contributed by atoms with van der Waals surface area (Å²) in [5.41, 5.74) is -0.0926. The van der Waals surface area contributed by atoms with Crippen LogP contribution in [0.25, 0.3) is 11.0 Å². The molecule has 9 heteroatoms. The maximum absolute atomic E-state index is 13.5. The summed E-state index contributed by atoms with van der Waals surface area (Å²) in [5.74, 6) is -1.98. The van der Waals surface area contributed by atoms with Gasteiger partial charge in [-0.05, 0) is 44.0 Å². The standard InChI is InChI=1S/C22H22FN3O4.ClH/c23-13-7-8-14-17(12-13)30-25-19(14)16-5-1-2-10-26(16)11-9-22-15(4-3-6-18(22)27)20(28)24-21(22)29;/h3-4,6-8,12,15-16,27H,1-2,5,9-11H2,(H,24,28,29);1H. The number of carbonyl (C=O) groups excluding carboxylic acids is 2. The number of carbonyl (C=O) groups is 2. The first-order valence-electron chi connectivity index (χ1n) is 10.2. The first-order chi connectivity index (χ1) is 14.5. The summed E-state index contributed by atoms with van der Waals surface area (Å²) in [7, 11) is 0. The van der Waals surface area contributed by atoms with Gasteiger partial charge < -0.3 is 9.63 Å². The van der Waals surface area contributed by atoms with Crippen molar-refractivity contribution in [3.05, 3.63) is 53.7 Å². The number of hydrogen-bond donors (Lipinski definition) is 2. The predicted octanol–water partition coefficient (Wildman–Crippen LogP) is 3.58. The van der Waals surface area contributed by atoms with Gasteiger partial charge in [-0.1, -0.05) is 23.7 Å². The van der Waals surface area contributed by atoms with Gasteiger partial charge in [-0.25, -0.2) is 4.39 Å². The van der Waals surface area contributed by atoms with E-state index in [0.29, 0.717) is 18.5 Å². The number of allylic oxidation sites excluding steroid dienone is 2. The molecule has 2 aliphatic heterocycles. The minimum absolute atomic E-state index is 0. The van der Waals surface area contributed by atoms with Gasteiger partial charge in [0.05, 0.1) is 12.0 Å². The number of likely N-dealkylation sites (tertiary alicyclic amines) is 1. The fourth-order valence-electron chi connectivity index (χ4n) is 5.06. The maximum Gasteiger partial charge on any atom is 0.241 e. The number of imide groups is 1. The van der Waals surface area contributed by atoms with Crippen LogP contribution in [0.2, 0.25) is 0 Å². The van der Waals surface area contributed by atoms with Crippen LogP contribution in [-0.4, -0.2) is 40.1 Å². The van der Waals surface area contributed by atoms with Gasteiger partial charge in [0.15, 0.2) is 5.58 Å². The molecule has 3 aliphatic rings. The van der Waals surface area contributed by atoms with Crippen LogP contribution in [0.5, 0.6) is 0 Å². The molecule has 164 valence electrons. The lowest BCUT2D eigenvalue weighted by molar-refractivity contribution is -0.129. The minimum atomic E-state index is -1.26. The molecule has 1 aromatic heterocycles. The molecular formula is C22H23ClFN3O4. The Bertz CT molecular complexity index is 1100. The van der Waals surface area contributed by atoms with E-state index < -0.39 is 17.2 Å². The molecular weight excluding hydrogens is 425 g/mol. The van der Waals surface area contributed by atoms with Crippen molar-refractivity contribution in [3.63, 3.8) is 0 Å². The summed E-state index contributed by atoms with van der Waals surface area (Å²) < 4.78 is 18.9. The number of hydrogen-bond acceptors (Lipinski definition) is 6. The van der Waals surface area contributed by atoms with Gasteiger partial charge in [-0.15, -0.1) is 12.4 Å². The lowest BCUT2D eigenvalue weighted by atomic mass is 9.70. The topological polar surface area (TPSA) is 95.7 Å². The van der Waals surface area contributed by atoms with Crippen LogP contribution >= 0.6 is 12.4 Å². The summed E-state index contributed by atoms with van der Waals surface area (Å²) in [6, 6.07) is 4.37. The molecule has 7 nitrogen and oxygen atoms in total. The molecule has 1 aromatic carbocycles. The largest absolute Gasteiger partial charge is 0.511 e. The summed E-state index contributed by atoms with van der Waals surface area (Å²) >= 11 is 0. The molecule has 2 fully saturated rings. The van der Waals surface area contributed by atoms with Crippen molar-refractivity contribution < 1.29 is 23.6 Å². The molecule has 0 bridgehead atoms. The van der Waals surface area contributed by atoms with Crippen LogP contribution in [0.3, 0.4) is 0 Å². The second-order valence-electron chi connectivity index (χ2n) is 8.21. The summed E-state index contributed by atoms with van der Waals surface area (Å²) in [6.07, 6.45) is 7.98. The predicted molar refractivity (Wildman–Crippen MR) is 113 cm³/mol. The zero-order chi connectivity index (χ0) is 20.9. The second-order valence-corrected chi connectivity index (χ2v) is 8.21. The van der Waals surface area contributed by atoms with Crippen LogP contribution in [-0.2, 0) is 9.59 Å². The van der Waals surface area contributed by atoms with E-state index in [1.165, 1.54) is 18.2 Å². The van der Waals surface area contributed by atoms with E-state index in [1.807, 2.05) is 0 Å². The Morgan fingerprint density at radius 2 is 2.16 bits per heavy atom. The molecule has 31 heavy (non-hydrogen) atoms. The highest BCUT2D eigenvalue weighted by Gasteiger charge is 2.57. The van der Waals surface area contributed by atoms with Crippen molar-refractivity contribution in [1.29, 1.82) is 0 Å². The van der Waals surface area contributed by atoms with Gasteiger partial charge in [0.25, 0.3) is 0 Å². The number of nitrogens with zero attached hydrogens (tertiary/aromatic N) is 2. The SMILES string of the molecule is Cl.O=C1NC(=O)C2(CCN3CCCCC3c3noc4cc(F)ccc34)C(O)=CC=CC12. The van der Waals surface area contributed by atoms with Crippen molar-refractivity contribution in [2.75, 3.05) is 13.1 Å². The fourth-order valence-corrected chi connectivity index (χ4v) is 5.06. The first kappa shape index (κ1) is 21.5. The molecule has 0 radical (unpaired) electrons. The smallest absolute Gasteiger partial charge is 0.241 e. The van der Waals surface area contributed by atoms with Gasteiger partial charge in [0, 0.05) is 18.0 Å². The van der Waals surface area contributed by atoms with Gasteiger partial charge in [0.2, 0.25) is 11.8 Å². The van der Waals surface area contributed by atoms with Crippen LogP contribution in [0.4, 0.5) is 4.39 Å². The molecule has 1 aliphatic carbocycles. The maximum atomic E-state index is 13.5. The van der Waals surface area contributed by atoms with Crippen LogP contribution in [0.15, 0.2) is 46.7 Å². The Hall–Kier alpha value is -2.71. The normalized spacial score (nSPS) is 28.2. The highest BCUT2D eigenvalue weighted by Crippen LogP contribution is 2.46. The number of aliphatic hydroxyl groups excluding tert-OH is 1. The highest BCUT2D eigenvalue weighted by atomic mass is 35.5. The van der Waals surface area contributed by atoms with Gasteiger partial charge in [-0.2, -0.15) is 0 Å². The molecule has 3 unspecified atom stereocenters. The summed E-state index contributed by atoms with van der Waals surface area (Å²) in [5, 5.41) is 18.0. The molecule has 2 N–H and O–H groups in total. The third kappa shape index (κ3) is 3.34. The number of nitrogens with one attached hydrogen (secondary N) is 1. The zero-order valence-electron chi connectivity index (χ0n) is 16.7. The van der Waals surface area contributed by atoms with E-state index in [1.54, 1.807) is 18.2 Å². The Labute approximate surface area is 184 Å². The molecule has 3 atom stereocenters. The van der Waals surface area contributed by atoms with Crippen molar-refractivity contribution in [1.82, 2.24) is 15.4 Å². The number of halogens is 2. The lowest BCUT2D eigenvalue weighted by Gasteiger charge is -2.38. The van der Waals surface area contributed by atoms with Crippen molar-refractivity contribution in [2.45, 2.75) is 31.7 Å². The Morgan fingerprint density at radius 3 is 3.00 bits per heavy atom. The minimum Gasteiger partial charge on any atom is -0.511 e. The molecule has 2 amide bonds. The van der Waals surface area contributed by atoms with E-state index in [4.69, 9.17) is 4.52 Å². The summed E-state index contributed by atoms with van der Waals surface area (Å²) in [4.78, 5) is 27.2. The van der Waals surface area contributed by atoms with Crippen LogP contribution in [0.1, 0.15) is 37.4 Å². The van der Waals surface area contributed by atoms with E-state index in [0.717, 1.165) is 36.9 Å². The molecule has 5 rings (SSSR count). The molecule has 2 saturated heterocycles. The number of piperidine rings is 1. The third-order valence-electron chi connectivity index (χ3n) is 6.65. The highest BCUT2D eigenvalue weighted by molar-refractivity contribution is 6.10. The first-order valence-corrected chi connectivity index (χ1v) is 10.2. The fraction of sp³-hybridized carbons (Fsp3) is 0.409. The van der Waals surface area contributed by atoms with Crippen molar-refractivity contribution >= 4 is 35.2 Å². The molecule has 2 aromatic rings. The lowest BCUT2D eigenvalue weighted by Crippen LogP contribution is -2.43. The monoisotopic (exact) mass is 447 g/mol. The van der Waals surface area contributed by atoms with E-state index in [9.17, 15) is 19.1 Å². The average Bonchev–Trinajstić information content (AvgIpc) is 3.26. The third-order valence-corrected chi connectivity index (χ3v) is 6.65. The number of aliphatic hydroxyl groups is 1. The molecule has 3 heterocycles. The number of fused-ring (bicyclic) bond motifs is 2. The Kier molecular flexibility index (Phi) is 5.61. The van der Waals surface area contributed by atoms with E-state index >= 15 is 0 Å². The quantitative estimate of drug-likeness (QED) is 0.695. The number of aromatic nitrogens is 1. The molecule has 0 spiro atoms. The Balaban J connectivity index is 0.00000231. The van der Waals surface area contributed by atoms with Crippen molar-refractivity contribution in [2.24, 2.45) is 11.3 Å². The summed E-state index contributed by atoms with van der Waals surface area (Å²) in [6.45, 7) is 1.31.